The second kappa shape index (κ2) is 12.1. The van der Waals surface area contributed by atoms with Crippen LogP contribution in [0.1, 0.15) is 39.9 Å². The zero-order valence-electron chi connectivity index (χ0n) is 23.5. The molecule has 0 aliphatic carbocycles. The van der Waals surface area contributed by atoms with E-state index in [0.717, 1.165) is 16.5 Å². The van der Waals surface area contributed by atoms with E-state index in [2.05, 4.69) is 10.3 Å². The van der Waals surface area contributed by atoms with Gasteiger partial charge in [-0.3, -0.25) is 4.79 Å². The topological polar surface area (TPSA) is 103 Å². The van der Waals surface area contributed by atoms with Crippen LogP contribution in [0, 0.1) is 5.92 Å². The Morgan fingerprint density at radius 3 is 2.38 bits per heavy atom. The molecule has 0 unspecified atom stereocenters. The van der Waals surface area contributed by atoms with E-state index >= 15 is 0 Å². The lowest BCUT2D eigenvalue weighted by Crippen LogP contribution is -2.44. The van der Waals surface area contributed by atoms with Crippen molar-refractivity contribution in [2.75, 3.05) is 27.3 Å². The zero-order valence-corrected chi connectivity index (χ0v) is 25.0. The van der Waals surface area contributed by atoms with E-state index in [1.165, 1.54) is 21.1 Å². The van der Waals surface area contributed by atoms with Crippen molar-refractivity contribution in [3.63, 3.8) is 0 Å². The summed E-state index contributed by atoms with van der Waals surface area (Å²) in [6, 6.07) is 7.21. The van der Waals surface area contributed by atoms with Crippen molar-refractivity contribution in [2.24, 2.45) is 5.92 Å². The van der Waals surface area contributed by atoms with E-state index in [9.17, 15) is 9.59 Å². The summed E-state index contributed by atoms with van der Waals surface area (Å²) in [7, 11) is 3.07. The molecule has 0 bridgehead atoms. The third kappa shape index (κ3) is 6.70. The van der Waals surface area contributed by atoms with Crippen LogP contribution in [0.5, 0.6) is 11.5 Å². The summed E-state index contributed by atoms with van der Waals surface area (Å²) in [5.74, 6) is 1.56. The van der Waals surface area contributed by atoms with E-state index in [1.807, 2.05) is 39.0 Å². The van der Waals surface area contributed by atoms with Crippen LogP contribution in [0.3, 0.4) is 0 Å². The van der Waals surface area contributed by atoms with Gasteiger partial charge in [0.25, 0.3) is 0 Å². The maximum Gasteiger partial charge on any atom is 0.410 e. The molecular formula is C29H34Cl2N4O5. The van der Waals surface area contributed by atoms with Gasteiger partial charge in [-0.15, -0.1) is 0 Å². The number of amides is 2. The fourth-order valence-electron chi connectivity index (χ4n) is 4.88. The molecule has 0 radical (unpaired) electrons. The quantitative estimate of drug-likeness (QED) is 0.365. The number of hydrogen-bond acceptors (Lipinski definition) is 7. The maximum absolute atomic E-state index is 12.9. The highest BCUT2D eigenvalue weighted by Gasteiger charge is 2.38. The molecule has 2 atom stereocenters. The second-order valence-corrected chi connectivity index (χ2v) is 11.6. The summed E-state index contributed by atoms with van der Waals surface area (Å²) < 4.78 is 16.4. The summed E-state index contributed by atoms with van der Waals surface area (Å²) in [6.45, 7) is 7.83. The second-order valence-electron chi connectivity index (χ2n) is 10.9. The van der Waals surface area contributed by atoms with Crippen LogP contribution in [-0.2, 0) is 16.0 Å². The summed E-state index contributed by atoms with van der Waals surface area (Å²) >= 11 is 13.2. The third-order valence-electron chi connectivity index (χ3n) is 6.68. The molecule has 2 heterocycles. The van der Waals surface area contributed by atoms with Crippen molar-refractivity contribution in [2.45, 2.75) is 52.2 Å². The van der Waals surface area contributed by atoms with Gasteiger partial charge in [0.05, 0.1) is 35.8 Å². The van der Waals surface area contributed by atoms with Crippen LogP contribution >= 0.6 is 23.2 Å². The first-order chi connectivity index (χ1) is 18.9. The van der Waals surface area contributed by atoms with Crippen molar-refractivity contribution in [1.29, 1.82) is 0 Å². The van der Waals surface area contributed by atoms with Gasteiger partial charge >= 0.3 is 6.09 Å². The first-order valence-electron chi connectivity index (χ1n) is 13.0. The number of hydrogen-bond donors (Lipinski definition) is 1. The Labute approximate surface area is 244 Å². The number of likely N-dealkylation sites (tertiary alicyclic amines) is 1. The Kier molecular flexibility index (Phi) is 8.95. The number of fused-ring (bicyclic) bond motifs is 1. The number of methoxy groups -OCH3 is 2. The van der Waals surface area contributed by atoms with Crippen molar-refractivity contribution in [3.8, 4) is 22.6 Å². The van der Waals surface area contributed by atoms with Crippen molar-refractivity contribution >= 4 is 46.1 Å². The Bertz CT molecular complexity index is 1400. The van der Waals surface area contributed by atoms with Gasteiger partial charge in [-0.05, 0) is 50.8 Å². The molecule has 1 aromatic heterocycles. The average molecular weight is 590 g/mol. The minimum Gasteiger partial charge on any atom is -0.495 e. The lowest BCUT2D eigenvalue weighted by atomic mass is 10.0. The number of rotatable bonds is 7. The number of carbonyl (C=O) groups excluding carboxylic acids is 2. The van der Waals surface area contributed by atoms with E-state index in [4.69, 9.17) is 42.4 Å². The van der Waals surface area contributed by atoms with Gasteiger partial charge in [0, 0.05) is 49.6 Å². The highest BCUT2D eigenvalue weighted by molar-refractivity contribution is 6.41. The molecule has 1 aliphatic rings. The number of nitrogens with one attached hydrogen (secondary N) is 1. The van der Waals surface area contributed by atoms with Gasteiger partial charge in [0.1, 0.15) is 22.9 Å². The fourth-order valence-corrected chi connectivity index (χ4v) is 5.60. The normalized spacial score (nSPS) is 17.1. The third-order valence-corrected chi connectivity index (χ3v) is 7.43. The van der Waals surface area contributed by atoms with Crippen LogP contribution in [0.2, 0.25) is 10.0 Å². The molecule has 1 aliphatic heterocycles. The van der Waals surface area contributed by atoms with E-state index < -0.39 is 5.60 Å². The smallest absolute Gasteiger partial charge is 0.410 e. The highest BCUT2D eigenvalue weighted by Crippen LogP contribution is 2.46. The molecule has 2 aromatic carbocycles. The summed E-state index contributed by atoms with van der Waals surface area (Å²) in [6.07, 6.45) is 2.67. The molecule has 0 spiro atoms. The fraction of sp³-hybridized carbons (Fsp3) is 0.448. The van der Waals surface area contributed by atoms with Gasteiger partial charge in [0.15, 0.2) is 0 Å². The standard InChI is InChI=1S/C29H34Cl2N4O5/c1-16(36)32-14-20-9-17(15-35(20)28(37)40-29(2,3)4)10-24-33-13-19-11-18(7-8-21(19)34-24)25-26(30)22(38-5)12-23(39-6)27(25)31/h7-8,11-13,17,20H,9-10,14-15H2,1-6H3,(H,32,36)/t17-,20+/m1/s1. The predicted molar refractivity (Wildman–Crippen MR) is 155 cm³/mol. The molecule has 214 valence electrons. The molecular weight excluding hydrogens is 555 g/mol. The number of halogens is 2. The SMILES string of the molecule is COc1cc(OC)c(Cl)c(-c2ccc3nc(C[C@H]4C[C@@H](CNC(C)=O)N(C(=O)OC(C)(C)C)C4)ncc3c2)c1Cl. The number of aromatic nitrogens is 2. The lowest BCUT2D eigenvalue weighted by molar-refractivity contribution is -0.119. The van der Waals surface area contributed by atoms with E-state index in [-0.39, 0.29) is 24.0 Å². The summed E-state index contributed by atoms with van der Waals surface area (Å²) in [5, 5.41) is 4.42. The summed E-state index contributed by atoms with van der Waals surface area (Å²) in [5.41, 5.74) is 1.54. The Morgan fingerprint density at radius 1 is 1.10 bits per heavy atom. The van der Waals surface area contributed by atoms with Gasteiger partial charge in [-0.2, -0.15) is 0 Å². The monoisotopic (exact) mass is 588 g/mol. The Hall–Kier alpha value is -3.30. The van der Waals surface area contributed by atoms with Crippen LogP contribution in [0.25, 0.3) is 22.0 Å². The van der Waals surface area contributed by atoms with Crippen LogP contribution < -0.4 is 14.8 Å². The molecule has 4 rings (SSSR count). The van der Waals surface area contributed by atoms with Crippen molar-refractivity contribution in [3.05, 3.63) is 46.3 Å². The number of ether oxygens (including phenoxy) is 3. The largest absolute Gasteiger partial charge is 0.495 e. The summed E-state index contributed by atoms with van der Waals surface area (Å²) in [4.78, 5) is 35.5. The molecule has 9 nitrogen and oxygen atoms in total. The molecule has 1 fully saturated rings. The molecule has 2 amide bonds. The van der Waals surface area contributed by atoms with E-state index in [0.29, 0.717) is 58.9 Å². The molecule has 0 saturated carbocycles. The number of nitrogens with zero attached hydrogens (tertiary/aromatic N) is 3. The first kappa shape index (κ1) is 29.7. The Balaban J connectivity index is 1.56. The molecule has 3 aromatic rings. The van der Waals surface area contributed by atoms with Gasteiger partial charge in [0.2, 0.25) is 5.91 Å². The van der Waals surface area contributed by atoms with Gasteiger partial charge in [-0.25, -0.2) is 14.8 Å². The van der Waals surface area contributed by atoms with Crippen LogP contribution in [0.4, 0.5) is 4.79 Å². The van der Waals surface area contributed by atoms with Crippen LogP contribution in [0.15, 0.2) is 30.5 Å². The molecule has 11 heteroatoms. The molecule has 1 N–H and O–H groups in total. The number of carbonyl (C=O) groups is 2. The van der Waals surface area contributed by atoms with E-state index in [1.54, 1.807) is 17.2 Å². The average Bonchev–Trinajstić information content (AvgIpc) is 3.29. The minimum atomic E-state index is -0.613. The number of benzene rings is 2. The van der Waals surface area contributed by atoms with Crippen molar-refractivity contribution in [1.82, 2.24) is 20.2 Å². The first-order valence-corrected chi connectivity index (χ1v) is 13.8. The minimum absolute atomic E-state index is 0.116. The van der Waals surface area contributed by atoms with Crippen molar-refractivity contribution < 1.29 is 23.8 Å². The Morgan fingerprint density at radius 2 is 1.77 bits per heavy atom. The maximum atomic E-state index is 12.9. The van der Waals surface area contributed by atoms with Gasteiger partial charge in [-0.1, -0.05) is 29.3 Å². The lowest BCUT2D eigenvalue weighted by Gasteiger charge is -2.28. The molecule has 40 heavy (non-hydrogen) atoms. The zero-order chi connectivity index (χ0) is 29.2. The predicted octanol–water partition coefficient (Wildman–Crippen LogP) is 5.93. The molecule has 1 saturated heterocycles. The highest BCUT2D eigenvalue weighted by atomic mass is 35.5. The van der Waals surface area contributed by atoms with Gasteiger partial charge < -0.3 is 24.4 Å². The van der Waals surface area contributed by atoms with Crippen LogP contribution in [-0.4, -0.2) is 65.8 Å².